The maximum Gasteiger partial charge on any atom is 0.407 e. The van der Waals surface area contributed by atoms with Gasteiger partial charge in [0, 0.05) is 49.9 Å². The lowest BCUT2D eigenvalue weighted by Crippen LogP contribution is -2.41. The first-order valence-corrected chi connectivity index (χ1v) is 16.8. The van der Waals surface area contributed by atoms with E-state index in [2.05, 4.69) is 20.9 Å². The van der Waals surface area contributed by atoms with Gasteiger partial charge in [-0.15, -0.1) is 0 Å². The lowest BCUT2D eigenvalue weighted by Gasteiger charge is -2.23. The van der Waals surface area contributed by atoms with Crippen molar-refractivity contribution in [3.8, 4) is 0 Å². The van der Waals surface area contributed by atoms with Gasteiger partial charge in [-0.05, 0) is 82.2 Å². The minimum Gasteiger partial charge on any atom is -0.448 e. The molecular weight excluding hydrogens is 574 g/mol. The van der Waals surface area contributed by atoms with Gasteiger partial charge in [0.05, 0.1) is 6.04 Å². The molecule has 1 aromatic rings. The minimum atomic E-state index is -0.999. The number of hydrogen-bond donors (Lipinski definition) is 3. The van der Waals surface area contributed by atoms with Crippen molar-refractivity contribution in [3.05, 3.63) is 29.3 Å². The number of unbranched alkanes of at least 4 members (excludes halogenated alkanes) is 7. The highest BCUT2D eigenvalue weighted by molar-refractivity contribution is 6.03. The predicted octanol–water partition coefficient (Wildman–Crippen LogP) is 4.57. The summed E-state index contributed by atoms with van der Waals surface area (Å²) >= 11 is 0. The number of carbonyl (C=O) groups is 5. The Hall–Kier alpha value is -3.47. The molecule has 3 N–H and O–H groups in total. The number of nitrogens with one attached hydrogen (secondary N) is 3. The molecule has 0 spiro atoms. The summed E-state index contributed by atoms with van der Waals surface area (Å²) in [5, 5.41) is 8.76. The van der Waals surface area contributed by atoms with Crippen LogP contribution in [-0.2, 0) is 19.1 Å². The number of fused-ring (bicyclic) bond motifs is 1. The van der Waals surface area contributed by atoms with Gasteiger partial charge in [-0.1, -0.05) is 38.5 Å². The zero-order valence-corrected chi connectivity index (χ0v) is 27.2. The SMILES string of the molecule is CNC(=O)CCC(C=O)N(C=O)C(=O)c1ccc(NCCCCCCCCCCNC(=O)OCC2CCC3CCCN32)cc1C. The monoisotopic (exact) mass is 627 g/mol. The largest absolute Gasteiger partial charge is 0.448 e. The molecule has 3 atom stereocenters. The van der Waals surface area contributed by atoms with Crippen LogP contribution in [0, 0.1) is 6.92 Å². The molecular formula is C34H53N5O6. The fourth-order valence-electron chi connectivity index (χ4n) is 6.44. The van der Waals surface area contributed by atoms with Gasteiger partial charge < -0.3 is 25.5 Å². The van der Waals surface area contributed by atoms with E-state index in [1.165, 1.54) is 52.0 Å². The van der Waals surface area contributed by atoms with Crippen LogP contribution in [0.1, 0.15) is 106 Å². The predicted molar refractivity (Wildman–Crippen MR) is 174 cm³/mol. The van der Waals surface area contributed by atoms with E-state index in [-0.39, 0.29) is 24.8 Å². The number of aryl methyl sites for hydroxylation is 1. The van der Waals surface area contributed by atoms with Gasteiger partial charge in [0.25, 0.3) is 5.91 Å². The van der Waals surface area contributed by atoms with E-state index in [1.54, 1.807) is 19.1 Å². The summed E-state index contributed by atoms with van der Waals surface area (Å²) in [6.45, 7) is 4.95. The van der Waals surface area contributed by atoms with Crippen molar-refractivity contribution >= 4 is 36.3 Å². The molecule has 11 nitrogen and oxygen atoms in total. The summed E-state index contributed by atoms with van der Waals surface area (Å²) in [5.74, 6) is -0.822. The normalized spacial score (nSPS) is 18.1. The molecule has 250 valence electrons. The lowest BCUT2D eigenvalue weighted by molar-refractivity contribution is -0.125. The van der Waals surface area contributed by atoms with Crippen molar-refractivity contribution in [1.29, 1.82) is 0 Å². The van der Waals surface area contributed by atoms with E-state index in [4.69, 9.17) is 4.74 Å². The standard InChI is InChI=1S/C34H53N5O6/c1-26-22-27(13-17-31(26)33(43)39(25-41)29(23-40)16-18-32(42)35-2)36-19-9-7-5-3-4-6-8-10-20-37-34(44)45-24-30-15-14-28-12-11-21-38(28)30/h13,17,22-23,25,28-30,36H,3-12,14-16,18-21,24H2,1-2H3,(H,35,42)(H,37,44). The van der Waals surface area contributed by atoms with Gasteiger partial charge in [-0.3, -0.25) is 24.2 Å². The van der Waals surface area contributed by atoms with Crippen LogP contribution in [0.4, 0.5) is 10.5 Å². The molecule has 3 rings (SSSR count). The van der Waals surface area contributed by atoms with Gasteiger partial charge in [0.2, 0.25) is 12.3 Å². The number of hydrogen-bond acceptors (Lipinski definition) is 8. The highest BCUT2D eigenvalue weighted by Gasteiger charge is 2.36. The average Bonchev–Trinajstić information content (AvgIpc) is 3.67. The second-order valence-corrected chi connectivity index (χ2v) is 12.3. The van der Waals surface area contributed by atoms with Crippen LogP contribution in [0.3, 0.4) is 0 Å². The number of ether oxygens (including phenoxy) is 1. The third-order valence-electron chi connectivity index (χ3n) is 9.10. The summed E-state index contributed by atoms with van der Waals surface area (Å²) in [6, 6.07) is 5.46. The third-order valence-corrected chi connectivity index (χ3v) is 9.10. The van der Waals surface area contributed by atoms with Gasteiger partial charge in [0.1, 0.15) is 12.9 Å². The van der Waals surface area contributed by atoms with Gasteiger partial charge >= 0.3 is 6.09 Å². The maximum absolute atomic E-state index is 13.0. The molecule has 0 bridgehead atoms. The van der Waals surface area contributed by atoms with Gasteiger partial charge in [0.15, 0.2) is 0 Å². The first-order chi connectivity index (χ1) is 21.9. The highest BCUT2D eigenvalue weighted by atomic mass is 16.5. The molecule has 0 radical (unpaired) electrons. The Bertz CT molecular complexity index is 1110. The lowest BCUT2D eigenvalue weighted by atomic mass is 10.0. The van der Waals surface area contributed by atoms with E-state index in [0.29, 0.717) is 43.0 Å². The fraction of sp³-hybridized carbons (Fsp3) is 0.676. The molecule has 1 aromatic carbocycles. The van der Waals surface area contributed by atoms with Crippen molar-refractivity contribution in [3.63, 3.8) is 0 Å². The topological polar surface area (TPSA) is 137 Å². The Labute approximate surface area is 268 Å². The van der Waals surface area contributed by atoms with Crippen LogP contribution >= 0.6 is 0 Å². The molecule has 2 heterocycles. The zero-order chi connectivity index (χ0) is 32.4. The number of anilines is 1. The first-order valence-electron chi connectivity index (χ1n) is 16.8. The Balaban J connectivity index is 1.20. The molecule has 2 aliphatic rings. The number of benzene rings is 1. The molecule has 3 unspecified atom stereocenters. The molecule has 11 heteroatoms. The van der Waals surface area contributed by atoms with Crippen LogP contribution in [0.5, 0.6) is 0 Å². The Kier molecular flexibility index (Phi) is 15.9. The summed E-state index contributed by atoms with van der Waals surface area (Å²) in [7, 11) is 1.49. The molecule has 0 saturated carbocycles. The quantitative estimate of drug-likeness (QED) is 0.133. The molecule has 45 heavy (non-hydrogen) atoms. The maximum atomic E-state index is 13.0. The Morgan fingerprint density at radius 1 is 1.00 bits per heavy atom. The smallest absolute Gasteiger partial charge is 0.407 e. The molecule has 0 aromatic heterocycles. The van der Waals surface area contributed by atoms with Crippen molar-refractivity contribution in [2.75, 3.05) is 38.6 Å². The van der Waals surface area contributed by atoms with E-state index >= 15 is 0 Å². The minimum absolute atomic E-state index is 0.0379. The van der Waals surface area contributed by atoms with Gasteiger partial charge in [-0.25, -0.2) is 4.79 Å². The number of alkyl carbamates (subject to hydrolysis) is 1. The van der Waals surface area contributed by atoms with E-state index < -0.39 is 11.9 Å². The molecule has 2 fully saturated rings. The fourth-order valence-corrected chi connectivity index (χ4v) is 6.44. The zero-order valence-electron chi connectivity index (χ0n) is 27.2. The highest BCUT2D eigenvalue weighted by Crippen LogP contribution is 2.32. The van der Waals surface area contributed by atoms with Crippen LogP contribution in [-0.4, -0.2) is 91.8 Å². The van der Waals surface area contributed by atoms with Crippen LogP contribution in [0.25, 0.3) is 0 Å². The van der Waals surface area contributed by atoms with E-state index in [1.807, 2.05) is 6.07 Å². The number of amides is 4. The second kappa shape index (κ2) is 19.8. The Morgan fingerprint density at radius 2 is 1.71 bits per heavy atom. The van der Waals surface area contributed by atoms with Crippen LogP contribution in [0.15, 0.2) is 18.2 Å². The molecule has 2 saturated heterocycles. The number of aldehydes is 1. The first kappa shape index (κ1) is 36.0. The second-order valence-electron chi connectivity index (χ2n) is 12.3. The van der Waals surface area contributed by atoms with Gasteiger partial charge in [-0.2, -0.15) is 0 Å². The number of imide groups is 1. The van der Waals surface area contributed by atoms with Crippen LogP contribution < -0.4 is 16.0 Å². The summed E-state index contributed by atoms with van der Waals surface area (Å²) in [6.07, 6.45) is 14.6. The summed E-state index contributed by atoms with van der Waals surface area (Å²) < 4.78 is 5.47. The third kappa shape index (κ3) is 11.8. The molecule has 4 amide bonds. The van der Waals surface area contributed by atoms with Crippen molar-refractivity contribution < 1.29 is 28.7 Å². The van der Waals surface area contributed by atoms with Crippen molar-refractivity contribution in [2.45, 2.75) is 115 Å². The van der Waals surface area contributed by atoms with Crippen LogP contribution in [0.2, 0.25) is 0 Å². The summed E-state index contributed by atoms with van der Waals surface area (Å²) in [5.41, 5.74) is 1.93. The average molecular weight is 628 g/mol. The number of carbonyl (C=O) groups excluding carboxylic acids is 5. The molecule has 2 aliphatic heterocycles. The van der Waals surface area contributed by atoms with E-state index in [0.717, 1.165) is 61.8 Å². The summed E-state index contributed by atoms with van der Waals surface area (Å²) in [4.78, 5) is 63.1. The number of nitrogens with zero attached hydrogens (tertiary/aromatic N) is 2. The van der Waals surface area contributed by atoms with Crippen molar-refractivity contribution in [2.24, 2.45) is 0 Å². The van der Waals surface area contributed by atoms with Crippen molar-refractivity contribution in [1.82, 2.24) is 20.4 Å². The Morgan fingerprint density at radius 3 is 2.38 bits per heavy atom. The number of rotatable bonds is 21. The molecule has 0 aliphatic carbocycles. The van der Waals surface area contributed by atoms with E-state index in [9.17, 15) is 24.0 Å².